The van der Waals surface area contributed by atoms with E-state index in [-0.39, 0.29) is 0 Å². The molecule has 0 N–H and O–H groups in total. The van der Waals surface area contributed by atoms with Gasteiger partial charge in [-0.3, -0.25) is 4.79 Å². The lowest BCUT2D eigenvalue weighted by atomic mass is 10.2. The van der Waals surface area contributed by atoms with Gasteiger partial charge < -0.3 is 4.74 Å². The number of methoxy groups -OCH3 is 1. The number of halogens is 1. The molecule has 0 radical (unpaired) electrons. The summed E-state index contributed by atoms with van der Waals surface area (Å²) in [6, 6.07) is 3.46. The van der Waals surface area contributed by atoms with Gasteiger partial charge in [0.2, 0.25) is 0 Å². The number of Topliss-reactive ketones (excluding diaryl/α,β-unsaturated/α-hetero) is 1. The molecule has 0 aliphatic heterocycles. The van der Waals surface area contributed by atoms with Crippen molar-refractivity contribution >= 4 is 34.7 Å². The summed E-state index contributed by atoms with van der Waals surface area (Å²) in [7, 11) is 1.15. The molecule has 1 atom stereocenters. The van der Waals surface area contributed by atoms with E-state index < -0.39 is 17.1 Å². The molecule has 13 heavy (non-hydrogen) atoms. The van der Waals surface area contributed by atoms with Gasteiger partial charge in [-0.15, -0.1) is 22.9 Å². The summed E-state index contributed by atoms with van der Waals surface area (Å²) >= 11 is 7.06. The average Bonchev–Trinajstić information content (AvgIpc) is 2.67. The van der Waals surface area contributed by atoms with Crippen LogP contribution in [0.15, 0.2) is 17.5 Å². The zero-order valence-corrected chi connectivity index (χ0v) is 8.39. The van der Waals surface area contributed by atoms with Crippen molar-refractivity contribution in [2.45, 2.75) is 5.38 Å². The number of esters is 1. The number of alkyl halides is 1. The Labute approximate surface area is 84.3 Å². The smallest absolute Gasteiger partial charge is 0.376 e. The third kappa shape index (κ3) is 2.29. The van der Waals surface area contributed by atoms with Crippen molar-refractivity contribution in [3.8, 4) is 0 Å². The Morgan fingerprint density at radius 1 is 1.62 bits per heavy atom. The van der Waals surface area contributed by atoms with Crippen LogP contribution < -0.4 is 0 Å². The molecule has 3 nitrogen and oxygen atoms in total. The maximum Gasteiger partial charge on any atom is 0.376 e. The molecule has 1 aromatic heterocycles. The quantitative estimate of drug-likeness (QED) is 0.441. The van der Waals surface area contributed by atoms with Crippen LogP contribution in [0.3, 0.4) is 0 Å². The van der Waals surface area contributed by atoms with Gasteiger partial charge in [0.05, 0.1) is 7.11 Å². The second kappa shape index (κ2) is 4.39. The number of thiophene rings is 1. The third-order valence-electron chi connectivity index (χ3n) is 1.41. The van der Waals surface area contributed by atoms with Gasteiger partial charge in [-0.25, -0.2) is 4.79 Å². The minimum atomic E-state index is -0.924. The van der Waals surface area contributed by atoms with Crippen molar-refractivity contribution < 1.29 is 14.3 Å². The van der Waals surface area contributed by atoms with Gasteiger partial charge in [-0.05, 0) is 11.4 Å². The lowest BCUT2D eigenvalue weighted by Gasteiger charge is -2.03. The molecule has 1 heterocycles. The summed E-state index contributed by atoms with van der Waals surface area (Å²) in [5.41, 5.74) is 0. The topological polar surface area (TPSA) is 43.4 Å². The maximum absolute atomic E-state index is 11.2. The molecule has 1 rings (SSSR count). The predicted octanol–water partition coefficient (Wildman–Crippen LogP) is 1.77. The van der Waals surface area contributed by atoms with Gasteiger partial charge in [-0.2, -0.15) is 0 Å². The van der Waals surface area contributed by atoms with Gasteiger partial charge in [0.25, 0.3) is 5.78 Å². The highest BCUT2D eigenvalue weighted by atomic mass is 35.5. The minimum absolute atomic E-state index is 0.650. The summed E-state index contributed by atoms with van der Waals surface area (Å²) < 4.78 is 4.26. The summed E-state index contributed by atoms with van der Waals surface area (Å²) in [5, 5.41) is 0.863. The van der Waals surface area contributed by atoms with Gasteiger partial charge >= 0.3 is 5.97 Å². The second-order valence-electron chi connectivity index (χ2n) is 2.23. The fraction of sp³-hybridized carbons (Fsp3) is 0.250. The van der Waals surface area contributed by atoms with Crippen LogP contribution in [0.4, 0.5) is 0 Å². The molecule has 0 bridgehead atoms. The molecule has 1 unspecified atom stereocenters. The van der Waals surface area contributed by atoms with Crippen LogP contribution in [0.5, 0.6) is 0 Å². The van der Waals surface area contributed by atoms with Crippen molar-refractivity contribution in [3.63, 3.8) is 0 Å². The highest BCUT2D eigenvalue weighted by Crippen LogP contribution is 2.25. The Morgan fingerprint density at radius 3 is 2.77 bits per heavy atom. The number of hydrogen-bond acceptors (Lipinski definition) is 4. The van der Waals surface area contributed by atoms with E-state index in [2.05, 4.69) is 4.74 Å². The Bertz CT molecular complexity index is 307. The fourth-order valence-electron chi connectivity index (χ4n) is 0.769. The summed E-state index contributed by atoms with van der Waals surface area (Å²) in [6.07, 6.45) is 0. The van der Waals surface area contributed by atoms with E-state index in [1.807, 2.05) is 0 Å². The van der Waals surface area contributed by atoms with Crippen molar-refractivity contribution in [1.29, 1.82) is 0 Å². The summed E-state index contributed by atoms with van der Waals surface area (Å²) in [6.45, 7) is 0. The van der Waals surface area contributed by atoms with Crippen molar-refractivity contribution in [2.75, 3.05) is 7.11 Å². The Morgan fingerprint density at radius 2 is 2.31 bits per heavy atom. The van der Waals surface area contributed by atoms with Crippen LogP contribution in [-0.4, -0.2) is 18.9 Å². The third-order valence-corrected chi connectivity index (χ3v) is 2.91. The molecule has 0 aromatic carbocycles. The zero-order chi connectivity index (χ0) is 9.84. The summed E-state index contributed by atoms with van der Waals surface area (Å²) in [5.74, 6) is -1.64. The van der Waals surface area contributed by atoms with Crippen LogP contribution in [0.25, 0.3) is 0 Å². The molecule has 0 spiro atoms. The van der Waals surface area contributed by atoms with Crippen molar-refractivity contribution in [3.05, 3.63) is 22.4 Å². The Kier molecular flexibility index (Phi) is 3.45. The highest BCUT2D eigenvalue weighted by molar-refractivity contribution is 7.10. The maximum atomic E-state index is 11.2. The molecule has 1 aromatic rings. The SMILES string of the molecule is COC(=O)C(=O)C(Cl)c1cccs1. The first-order valence-electron chi connectivity index (χ1n) is 3.46. The first-order chi connectivity index (χ1) is 6.16. The van der Waals surface area contributed by atoms with E-state index in [9.17, 15) is 9.59 Å². The number of rotatable bonds is 3. The van der Waals surface area contributed by atoms with Crippen LogP contribution in [0.1, 0.15) is 10.3 Å². The van der Waals surface area contributed by atoms with E-state index >= 15 is 0 Å². The Balaban J connectivity index is 2.74. The molecule has 0 aliphatic carbocycles. The van der Waals surface area contributed by atoms with Crippen LogP contribution in [0, 0.1) is 0 Å². The molecule has 0 fully saturated rings. The average molecular weight is 219 g/mol. The van der Waals surface area contributed by atoms with Crippen LogP contribution in [-0.2, 0) is 14.3 Å². The first kappa shape index (κ1) is 10.2. The molecule has 0 saturated heterocycles. The molecular weight excluding hydrogens is 212 g/mol. The normalized spacial score (nSPS) is 12.2. The largest absolute Gasteiger partial charge is 0.463 e. The molecule has 0 saturated carbocycles. The highest BCUT2D eigenvalue weighted by Gasteiger charge is 2.25. The fourth-order valence-corrected chi connectivity index (χ4v) is 1.78. The number of hydrogen-bond donors (Lipinski definition) is 0. The van der Waals surface area contributed by atoms with Gasteiger partial charge in [0, 0.05) is 4.88 Å². The van der Waals surface area contributed by atoms with Crippen molar-refractivity contribution in [2.24, 2.45) is 0 Å². The number of carbonyl (C=O) groups is 2. The molecule has 0 aliphatic rings. The molecule has 5 heteroatoms. The zero-order valence-electron chi connectivity index (χ0n) is 6.82. The lowest BCUT2D eigenvalue weighted by Crippen LogP contribution is -2.19. The second-order valence-corrected chi connectivity index (χ2v) is 3.65. The van der Waals surface area contributed by atoms with Gasteiger partial charge in [-0.1, -0.05) is 6.07 Å². The number of ether oxygens (including phenoxy) is 1. The van der Waals surface area contributed by atoms with E-state index in [0.29, 0.717) is 4.88 Å². The lowest BCUT2D eigenvalue weighted by molar-refractivity contribution is -0.151. The molecule has 0 amide bonds. The molecular formula is C8H7ClO3S. The van der Waals surface area contributed by atoms with Crippen molar-refractivity contribution in [1.82, 2.24) is 0 Å². The Hall–Kier alpha value is -0.870. The van der Waals surface area contributed by atoms with E-state index in [1.54, 1.807) is 17.5 Å². The number of ketones is 1. The van der Waals surface area contributed by atoms with Crippen LogP contribution in [0.2, 0.25) is 0 Å². The minimum Gasteiger partial charge on any atom is -0.463 e. The van der Waals surface area contributed by atoms with E-state index in [1.165, 1.54) is 11.3 Å². The standard InChI is InChI=1S/C8H7ClO3S/c1-12-8(11)7(10)6(9)5-3-2-4-13-5/h2-4,6H,1H3. The number of carbonyl (C=O) groups excluding carboxylic acids is 2. The van der Waals surface area contributed by atoms with E-state index in [0.717, 1.165) is 7.11 Å². The monoisotopic (exact) mass is 218 g/mol. The summed E-state index contributed by atoms with van der Waals surface area (Å²) in [4.78, 5) is 22.6. The van der Waals surface area contributed by atoms with Crippen LogP contribution >= 0.6 is 22.9 Å². The van der Waals surface area contributed by atoms with E-state index in [4.69, 9.17) is 11.6 Å². The molecule has 70 valence electrons. The van der Waals surface area contributed by atoms with Gasteiger partial charge in [0.1, 0.15) is 5.38 Å². The van der Waals surface area contributed by atoms with Gasteiger partial charge in [0.15, 0.2) is 0 Å². The predicted molar refractivity (Wildman–Crippen MR) is 49.9 cm³/mol. The first-order valence-corrected chi connectivity index (χ1v) is 4.78.